The normalized spacial score (nSPS) is 19.3. The molecule has 2 amide bonds. The van der Waals surface area contributed by atoms with Gasteiger partial charge in [0.15, 0.2) is 11.5 Å². The summed E-state index contributed by atoms with van der Waals surface area (Å²) in [4.78, 5) is 14.4. The second kappa shape index (κ2) is 6.75. The van der Waals surface area contributed by atoms with Crippen LogP contribution in [-0.2, 0) is 6.54 Å². The van der Waals surface area contributed by atoms with Crippen molar-refractivity contribution in [3.05, 3.63) is 30.1 Å². The summed E-state index contributed by atoms with van der Waals surface area (Å²) in [5.74, 6) is 2.56. The number of ether oxygens (including phenoxy) is 2. The Hall–Kier alpha value is -2.77. The van der Waals surface area contributed by atoms with Crippen LogP contribution in [0.4, 0.5) is 10.5 Å². The molecule has 2 aliphatic heterocycles. The number of amides is 2. The van der Waals surface area contributed by atoms with Crippen molar-refractivity contribution in [3.8, 4) is 11.5 Å². The van der Waals surface area contributed by atoms with E-state index in [-0.39, 0.29) is 12.8 Å². The summed E-state index contributed by atoms with van der Waals surface area (Å²) in [6, 6.07) is 5.39. The van der Waals surface area contributed by atoms with Gasteiger partial charge in [0.2, 0.25) is 6.79 Å². The predicted octanol–water partition coefficient (Wildman–Crippen LogP) is 2.83. The average Bonchev–Trinajstić information content (AvgIpc) is 3.25. The zero-order chi connectivity index (χ0) is 18.2. The number of rotatable bonds is 4. The highest BCUT2D eigenvalue weighted by Gasteiger charge is 2.28. The molecule has 1 aliphatic carbocycles. The van der Waals surface area contributed by atoms with E-state index >= 15 is 0 Å². The van der Waals surface area contributed by atoms with E-state index in [4.69, 9.17) is 9.47 Å². The Morgan fingerprint density at radius 2 is 1.96 bits per heavy atom. The van der Waals surface area contributed by atoms with Gasteiger partial charge in [-0.15, -0.1) is 5.10 Å². The van der Waals surface area contributed by atoms with Crippen LogP contribution in [0.3, 0.4) is 0 Å². The zero-order valence-corrected chi connectivity index (χ0v) is 15.1. The molecule has 8 heteroatoms. The second-order valence-electron chi connectivity index (χ2n) is 7.57. The summed E-state index contributed by atoms with van der Waals surface area (Å²) in [6.45, 7) is 2.63. The summed E-state index contributed by atoms with van der Waals surface area (Å²) < 4.78 is 12.6. The maximum Gasteiger partial charge on any atom is 0.321 e. The van der Waals surface area contributed by atoms with Gasteiger partial charge in [0.05, 0.1) is 5.69 Å². The molecule has 1 aromatic carbocycles. The van der Waals surface area contributed by atoms with E-state index in [0.717, 1.165) is 43.9 Å². The van der Waals surface area contributed by atoms with Crippen LogP contribution in [0.25, 0.3) is 0 Å². The predicted molar refractivity (Wildman–Crippen MR) is 97.9 cm³/mol. The van der Waals surface area contributed by atoms with Gasteiger partial charge in [-0.2, -0.15) is 0 Å². The van der Waals surface area contributed by atoms with Crippen LogP contribution < -0.4 is 14.8 Å². The number of benzene rings is 1. The summed E-state index contributed by atoms with van der Waals surface area (Å²) in [6.07, 6.45) is 6.54. The van der Waals surface area contributed by atoms with Crippen LogP contribution in [0.1, 0.15) is 37.3 Å². The van der Waals surface area contributed by atoms with Crippen LogP contribution in [0.2, 0.25) is 0 Å². The molecule has 3 heterocycles. The molecular weight excluding hydrogens is 346 g/mol. The Morgan fingerprint density at radius 3 is 2.78 bits per heavy atom. The lowest BCUT2D eigenvalue weighted by molar-refractivity contribution is 0.174. The highest BCUT2D eigenvalue weighted by atomic mass is 16.7. The monoisotopic (exact) mass is 369 g/mol. The van der Waals surface area contributed by atoms with Crippen molar-refractivity contribution >= 4 is 11.7 Å². The molecule has 5 rings (SSSR count). The van der Waals surface area contributed by atoms with E-state index in [0.29, 0.717) is 23.3 Å². The van der Waals surface area contributed by atoms with Gasteiger partial charge in [0, 0.05) is 43.5 Å². The minimum Gasteiger partial charge on any atom is -0.454 e. The van der Waals surface area contributed by atoms with Crippen LogP contribution in [-0.4, -0.2) is 45.8 Å². The molecule has 0 atom stereocenters. The molecule has 142 valence electrons. The van der Waals surface area contributed by atoms with Crippen LogP contribution >= 0.6 is 0 Å². The number of hydrogen-bond donors (Lipinski definition) is 1. The summed E-state index contributed by atoms with van der Waals surface area (Å²) >= 11 is 0. The summed E-state index contributed by atoms with van der Waals surface area (Å²) in [7, 11) is 0. The van der Waals surface area contributed by atoms with Crippen molar-refractivity contribution in [2.45, 2.75) is 38.1 Å². The topological polar surface area (TPSA) is 81.5 Å². The summed E-state index contributed by atoms with van der Waals surface area (Å²) in [5, 5.41) is 11.5. The first-order valence-corrected chi connectivity index (χ1v) is 9.60. The molecule has 0 unspecified atom stereocenters. The Bertz CT molecular complexity index is 840. The standard InChI is InChI=1S/C19H23N5O3/c25-19(20-15-3-4-17-18(9-15)27-12-26-17)23-7-5-13(6-8-23)10-24-11-16(21-22-24)14-1-2-14/h3-4,9,11,13-14H,1-2,5-8,10,12H2,(H,20,25). The quantitative estimate of drug-likeness (QED) is 0.896. The number of nitrogens with one attached hydrogen (secondary N) is 1. The largest absolute Gasteiger partial charge is 0.454 e. The van der Waals surface area contributed by atoms with Crippen molar-refractivity contribution in [3.63, 3.8) is 0 Å². The molecule has 0 bridgehead atoms. The highest BCUT2D eigenvalue weighted by Crippen LogP contribution is 2.38. The van der Waals surface area contributed by atoms with E-state index < -0.39 is 0 Å². The first kappa shape index (κ1) is 16.4. The number of fused-ring (bicyclic) bond motifs is 1. The molecule has 1 aromatic heterocycles. The van der Waals surface area contributed by atoms with Gasteiger partial charge in [-0.3, -0.25) is 4.68 Å². The minimum atomic E-state index is -0.0657. The fraction of sp³-hybridized carbons (Fsp3) is 0.526. The lowest BCUT2D eigenvalue weighted by Gasteiger charge is -2.31. The lowest BCUT2D eigenvalue weighted by atomic mass is 9.97. The number of urea groups is 1. The van der Waals surface area contributed by atoms with Gasteiger partial charge in [-0.25, -0.2) is 4.79 Å². The Labute approximate surface area is 157 Å². The second-order valence-corrected chi connectivity index (χ2v) is 7.57. The molecule has 0 radical (unpaired) electrons. The number of hydrogen-bond acceptors (Lipinski definition) is 5. The number of likely N-dealkylation sites (tertiary alicyclic amines) is 1. The first-order valence-electron chi connectivity index (χ1n) is 9.60. The summed E-state index contributed by atoms with van der Waals surface area (Å²) in [5.41, 5.74) is 1.86. The van der Waals surface area contributed by atoms with E-state index in [2.05, 4.69) is 21.8 Å². The van der Waals surface area contributed by atoms with Gasteiger partial charge < -0.3 is 19.7 Å². The number of aromatic nitrogens is 3. The van der Waals surface area contributed by atoms with Crippen LogP contribution in [0.15, 0.2) is 24.4 Å². The van der Waals surface area contributed by atoms with Crippen molar-refractivity contribution < 1.29 is 14.3 Å². The zero-order valence-electron chi connectivity index (χ0n) is 15.1. The fourth-order valence-electron chi connectivity index (χ4n) is 3.73. The molecule has 8 nitrogen and oxygen atoms in total. The fourth-order valence-corrected chi connectivity index (χ4v) is 3.73. The lowest BCUT2D eigenvalue weighted by Crippen LogP contribution is -2.41. The molecule has 1 saturated carbocycles. The van der Waals surface area contributed by atoms with Gasteiger partial charge in [-0.05, 0) is 43.7 Å². The molecule has 1 saturated heterocycles. The van der Waals surface area contributed by atoms with E-state index in [1.165, 1.54) is 12.8 Å². The van der Waals surface area contributed by atoms with Crippen molar-refractivity contribution in [2.75, 3.05) is 25.2 Å². The van der Waals surface area contributed by atoms with E-state index in [1.807, 2.05) is 21.7 Å². The maximum absolute atomic E-state index is 12.5. The number of anilines is 1. The Kier molecular flexibility index (Phi) is 4.10. The molecule has 2 fully saturated rings. The molecule has 0 spiro atoms. The van der Waals surface area contributed by atoms with E-state index in [9.17, 15) is 4.79 Å². The molecule has 27 heavy (non-hydrogen) atoms. The van der Waals surface area contributed by atoms with Crippen molar-refractivity contribution in [1.82, 2.24) is 19.9 Å². The van der Waals surface area contributed by atoms with Crippen molar-refractivity contribution in [2.24, 2.45) is 5.92 Å². The van der Waals surface area contributed by atoms with Gasteiger partial charge >= 0.3 is 6.03 Å². The minimum absolute atomic E-state index is 0.0657. The molecule has 2 aromatic rings. The average molecular weight is 369 g/mol. The number of nitrogens with zero attached hydrogens (tertiary/aromatic N) is 4. The Balaban J connectivity index is 1.12. The van der Waals surface area contributed by atoms with E-state index in [1.54, 1.807) is 6.07 Å². The highest BCUT2D eigenvalue weighted by molar-refractivity contribution is 5.89. The van der Waals surface area contributed by atoms with Crippen LogP contribution in [0, 0.1) is 5.92 Å². The van der Waals surface area contributed by atoms with Gasteiger partial charge in [0.25, 0.3) is 0 Å². The smallest absolute Gasteiger partial charge is 0.321 e. The number of carbonyl (C=O) groups is 1. The third-order valence-electron chi connectivity index (χ3n) is 5.52. The van der Waals surface area contributed by atoms with Gasteiger partial charge in [-0.1, -0.05) is 5.21 Å². The SMILES string of the molecule is O=C(Nc1ccc2c(c1)OCO2)N1CCC(Cn2cc(C3CC3)nn2)CC1. The third-order valence-corrected chi connectivity index (χ3v) is 5.52. The maximum atomic E-state index is 12.5. The Morgan fingerprint density at radius 1 is 1.15 bits per heavy atom. The van der Waals surface area contributed by atoms with Crippen LogP contribution in [0.5, 0.6) is 11.5 Å². The van der Waals surface area contributed by atoms with Crippen molar-refractivity contribution in [1.29, 1.82) is 0 Å². The number of carbonyl (C=O) groups excluding carboxylic acids is 1. The van der Waals surface area contributed by atoms with Gasteiger partial charge in [0.1, 0.15) is 0 Å². The molecule has 3 aliphatic rings. The number of piperidine rings is 1. The molecule has 1 N–H and O–H groups in total. The molecular formula is C19H23N5O3. The first-order chi connectivity index (χ1) is 13.2. The third kappa shape index (κ3) is 3.56.